The number of carbonyl (C=O) groups excluding carboxylic acids is 2. The second-order valence-electron chi connectivity index (χ2n) is 4.58. The molecule has 128 valence electrons. The van der Waals surface area contributed by atoms with Crippen molar-refractivity contribution in [3.63, 3.8) is 0 Å². The van der Waals surface area contributed by atoms with Gasteiger partial charge in [0, 0.05) is 19.2 Å². The monoisotopic (exact) mass is 453 g/mol. The molecule has 0 aromatic heterocycles. The molecule has 1 amide bonds. The quantitative estimate of drug-likeness (QED) is 0.211. The van der Waals surface area contributed by atoms with Crippen LogP contribution in [-0.4, -0.2) is 63.7 Å². The van der Waals surface area contributed by atoms with Crippen LogP contribution in [0.3, 0.4) is 0 Å². The van der Waals surface area contributed by atoms with Gasteiger partial charge in [0.2, 0.25) is 0 Å². The molecule has 0 bridgehead atoms. The molecule has 0 fully saturated rings. The van der Waals surface area contributed by atoms with E-state index in [0.717, 1.165) is 0 Å². The molecular formula is C15H21INO5P. The van der Waals surface area contributed by atoms with Crippen molar-refractivity contribution in [2.24, 2.45) is 0 Å². The zero-order valence-corrected chi connectivity index (χ0v) is 16.2. The number of rotatable bonds is 12. The summed E-state index contributed by atoms with van der Waals surface area (Å²) in [5.74, 6) is -0.190. The molecule has 1 aromatic carbocycles. The number of nitrogens with zero attached hydrogens (tertiary/aromatic N) is 1. The number of hydrogen-bond donors (Lipinski definition) is 0. The fraction of sp³-hybridized carbons (Fsp3) is 0.467. The van der Waals surface area contributed by atoms with Crippen molar-refractivity contribution >= 4 is 40.7 Å². The van der Waals surface area contributed by atoms with Crippen LogP contribution in [0.4, 0.5) is 0 Å². The average Bonchev–Trinajstić information content (AvgIpc) is 2.59. The molecule has 1 atom stereocenters. The van der Waals surface area contributed by atoms with E-state index in [4.69, 9.17) is 14.0 Å². The summed E-state index contributed by atoms with van der Waals surface area (Å²) < 4.78 is 15.9. The first-order valence-electron chi connectivity index (χ1n) is 7.13. The summed E-state index contributed by atoms with van der Waals surface area (Å²) in [6.07, 6.45) is 0.692. The lowest BCUT2D eigenvalue weighted by atomic mass is 10.1. The summed E-state index contributed by atoms with van der Waals surface area (Å²) >= 11 is 2.16. The molecule has 1 aromatic rings. The lowest BCUT2D eigenvalue weighted by Crippen LogP contribution is -2.31. The summed E-state index contributed by atoms with van der Waals surface area (Å²) in [6.45, 7) is 3.44. The summed E-state index contributed by atoms with van der Waals surface area (Å²) in [5, 5.41) is 0. The van der Waals surface area contributed by atoms with Crippen LogP contribution < -0.4 is 0 Å². The summed E-state index contributed by atoms with van der Waals surface area (Å²) in [7, 11) is 1.69. The molecule has 0 aliphatic heterocycles. The third-order valence-electron chi connectivity index (χ3n) is 2.99. The van der Waals surface area contributed by atoms with Gasteiger partial charge in [0.05, 0.1) is 45.0 Å². The third-order valence-corrected chi connectivity index (χ3v) is 4.24. The first-order valence-corrected chi connectivity index (χ1v) is 11.2. The van der Waals surface area contributed by atoms with Crippen molar-refractivity contribution in [1.29, 1.82) is 0 Å². The maximum atomic E-state index is 12.3. The molecule has 0 aliphatic rings. The van der Waals surface area contributed by atoms with E-state index >= 15 is 0 Å². The number of amides is 1. The molecule has 0 saturated carbocycles. The Bertz CT molecular complexity index is 489. The second kappa shape index (κ2) is 12.8. The first-order chi connectivity index (χ1) is 11.2. The van der Waals surface area contributed by atoms with Gasteiger partial charge in [0.25, 0.3) is 5.91 Å². The van der Waals surface area contributed by atoms with E-state index in [-0.39, 0.29) is 5.91 Å². The number of benzene rings is 1. The van der Waals surface area contributed by atoms with Gasteiger partial charge in [-0.15, -0.1) is 0 Å². The zero-order chi connectivity index (χ0) is 16.9. The van der Waals surface area contributed by atoms with Gasteiger partial charge in [0.1, 0.15) is 0 Å². The normalized spacial score (nSPS) is 11.0. The lowest BCUT2D eigenvalue weighted by Gasteiger charge is -2.18. The number of halogens is 1. The molecule has 0 spiro atoms. The van der Waals surface area contributed by atoms with Crippen LogP contribution >= 0.6 is 28.5 Å². The molecular weight excluding hydrogens is 432 g/mol. The lowest BCUT2D eigenvalue weighted by molar-refractivity contribution is 0.0316. The van der Waals surface area contributed by atoms with Crippen LogP contribution in [0.2, 0.25) is 0 Å². The topological polar surface area (TPSA) is 65.1 Å². The van der Waals surface area contributed by atoms with E-state index < -0.39 is 0 Å². The molecule has 23 heavy (non-hydrogen) atoms. The van der Waals surface area contributed by atoms with Crippen LogP contribution in [-0.2, 0) is 14.0 Å². The number of ether oxygens (including phenoxy) is 2. The standard InChI is InChI=1S/C15H21INO5P/c1-17(6-7-20-8-9-21-10-11-22-23-16)15(19)14-5-3-2-4-13(14)12-18/h2-5,12,23H,6-11H2,1H3. The Labute approximate surface area is 151 Å². The Morgan fingerprint density at radius 2 is 1.83 bits per heavy atom. The van der Waals surface area contributed by atoms with Crippen LogP contribution in [0.25, 0.3) is 0 Å². The largest absolute Gasteiger partial charge is 0.377 e. The predicted molar refractivity (Wildman–Crippen MR) is 98.7 cm³/mol. The molecule has 1 unspecified atom stereocenters. The van der Waals surface area contributed by atoms with E-state index in [1.165, 1.54) is 0 Å². The fourth-order valence-corrected chi connectivity index (χ4v) is 2.59. The minimum Gasteiger partial charge on any atom is -0.377 e. The van der Waals surface area contributed by atoms with E-state index in [1.807, 2.05) is 0 Å². The van der Waals surface area contributed by atoms with Gasteiger partial charge >= 0.3 is 0 Å². The van der Waals surface area contributed by atoms with Crippen molar-refractivity contribution in [1.82, 2.24) is 4.90 Å². The van der Waals surface area contributed by atoms with Crippen LogP contribution in [0.15, 0.2) is 24.3 Å². The number of likely N-dealkylation sites (N-methyl/N-ethyl adjacent to an activating group) is 1. The predicted octanol–water partition coefficient (Wildman–Crippen LogP) is 2.56. The Kier molecular flexibility index (Phi) is 11.4. The molecule has 8 heteroatoms. The van der Waals surface area contributed by atoms with Gasteiger partial charge in [-0.25, -0.2) is 0 Å². The fourth-order valence-electron chi connectivity index (χ4n) is 1.76. The summed E-state index contributed by atoms with van der Waals surface area (Å²) in [5.41, 5.74) is 0.803. The third kappa shape index (κ3) is 8.17. The molecule has 6 nitrogen and oxygen atoms in total. The molecule has 0 saturated heterocycles. The van der Waals surface area contributed by atoms with Crippen molar-refractivity contribution in [2.75, 3.05) is 46.6 Å². The Morgan fingerprint density at radius 3 is 2.52 bits per heavy atom. The highest BCUT2D eigenvalue weighted by Gasteiger charge is 2.14. The molecule has 0 radical (unpaired) electrons. The van der Waals surface area contributed by atoms with Gasteiger partial charge < -0.3 is 18.9 Å². The van der Waals surface area contributed by atoms with E-state index in [0.29, 0.717) is 63.4 Å². The summed E-state index contributed by atoms with van der Waals surface area (Å²) in [6, 6.07) is 6.75. The van der Waals surface area contributed by atoms with Gasteiger partial charge in [-0.05, 0) is 28.1 Å². The van der Waals surface area contributed by atoms with E-state index in [1.54, 1.807) is 36.2 Å². The van der Waals surface area contributed by atoms with E-state index in [2.05, 4.69) is 22.0 Å². The van der Waals surface area contributed by atoms with Gasteiger partial charge in [-0.3, -0.25) is 9.59 Å². The SMILES string of the molecule is CN(CCOCCOCCOPI)C(=O)c1ccccc1C=O. The highest BCUT2D eigenvalue weighted by atomic mass is 127. The molecule has 1 rings (SSSR count). The van der Waals surface area contributed by atoms with Crippen molar-refractivity contribution in [3.8, 4) is 0 Å². The smallest absolute Gasteiger partial charge is 0.254 e. The van der Waals surface area contributed by atoms with Gasteiger partial charge in [0.15, 0.2) is 6.29 Å². The molecule has 0 aliphatic carbocycles. The maximum Gasteiger partial charge on any atom is 0.254 e. The Hall–Kier alpha value is -0.600. The number of carbonyl (C=O) groups is 2. The van der Waals surface area contributed by atoms with Crippen LogP contribution in [0.1, 0.15) is 20.7 Å². The summed E-state index contributed by atoms with van der Waals surface area (Å²) in [4.78, 5) is 24.8. The minimum atomic E-state index is -0.190. The number of hydrogen-bond acceptors (Lipinski definition) is 5. The Morgan fingerprint density at radius 1 is 1.17 bits per heavy atom. The van der Waals surface area contributed by atoms with Crippen LogP contribution in [0, 0.1) is 0 Å². The maximum absolute atomic E-state index is 12.3. The second-order valence-corrected chi connectivity index (χ2v) is 6.35. The van der Waals surface area contributed by atoms with Crippen molar-refractivity contribution < 1.29 is 23.6 Å². The molecule has 0 N–H and O–H groups in total. The van der Waals surface area contributed by atoms with Gasteiger partial charge in [-0.1, -0.05) is 18.2 Å². The highest BCUT2D eigenvalue weighted by Crippen LogP contribution is 2.20. The van der Waals surface area contributed by atoms with Crippen molar-refractivity contribution in [3.05, 3.63) is 35.4 Å². The zero-order valence-electron chi connectivity index (χ0n) is 13.0. The average molecular weight is 453 g/mol. The van der Waals surface area contributed by atoms with Gasteiger partial charge in [-0.2, -0.15) is 0 Å². The first kappa shape index (κ1) is 20.4. The Balaban J connectivity index is 2.20. The number of aldehydes is 1. The van der Waals surface area contributed by atoms with Crippen LogP contribution in [0.5, 0.6) is 0 Å². The van der Waals surface area contributed by atoms with Crippen molar-refractivity contribution in [2.45, 2.75) is 0 Å². The molecule has 0 heterocycles. The van der Waals surface area contributed by atoms with E-state index in [9.17, 15) is 9.59 Å². The highest BCUT2D eigenvalue weighted by molar-refractivity contribution is 14.2. The minimum absolute atomic E-state index is 0.190.